The average molecular weight is 275 g/mol. The van der Waals surface area contributed by atoms with Crippen molar-refractivity contribution in [1.82, 2.24) is 14.1 Å². The summed E-state index contributed by atoms with van der Waals surface area (Å²) >= 11 is 0. The summed E-state index contributed by atoms with van der Waals surface area (Å²) in [5, 5.41) is 9.83. The molecule has 20 heavy (non-hydrogen) atoms. The molecule has 0 spiro atoms. The predicted molar refractivity (Wildman–Crippen MR) is 74.5 cm³/mol. The summed E-state index contributed by atoms with van der Waals surface area (Å²) in [4.78, 5) is 31.4. The molecule has 0 atom stereocenters. The van der Waals surface area contributed by atoms with E-state index in [9.17, 15) is 14.7 Å². The number of rotatable bonds is 2. The fraction of sp³-hybridized carbons (Fsp3) is 0.167. The Morgan fingerprint density at radius 1 is 1.30 bits per heavy atom. The van der Waals surface area contributed by atoms with Crippen LogP contribution in [0, 0.1) is 0 Å². The van der Waals surface area contributed by atoms with Crippen LogP contribution in [0.25, 0.3) is 0 Å². The second-order valence-electron chi connectivity index (χ2n) is 4.12. The standard InChI is InChI=1S/C12H13N5O3/c1-16-10(18)7(11(19)17(2)12(16)20)6-14-9-5-3-4-8(13)15-9/h3-6,18H,1-2H3,(H2,13,15). The molecule has 0 aliphatic heterocycles. The second kappa shape index (κ2) is 5.00. The van der Waals surface area contributed by atoms with Crippen LogP contribution in [-0.4, -0.2) is 25.4 Å². The van der Waals surface area contributed by atoms with Gasteiger partial charge in [-0.2, -0.15) is 0 Å². The van der Waals surface area contributed by atoms with Crippen LogP contribution in [-0.2, 0) is 14.1 Å². The Bertz CT molecular complexity index is 804. The van der Waals surface area contributed by atoms with Crippen LogP contribution in [0.2, 0.25) is 0 Å². The molecule has 0 fully saturated rings. The third-order valence-corrected chi connectivity index (χ3v) is 2.75. The van der Waals surface area contributed by atoms with Gasteiger partial charge in [-0.3, -0.25) is 13.9 Å². The Morgan fingerprint density at radius 2 is 2.00 bits per heavy atom. The number of hydrogen-bond donors (Lipinski definition) is 2. The molecule has 8 heteroatoms. The van der Waals surface area contributed by atoms with E-state index in [-0.39, 0.29) is 11.4 Å². The molecule has 0 bridgehead atoms. The number of aromatic hydroxyl groups is 1. The zero-order chi connectivity index (χ0) is 14.9. The highest BCUT2D eigenvalue weighted by Gasteiger charge is 2.12. The van der Waals surface area contributed by atoms with Gasteiger partial charge >= 0.3 is 5.69 Å². The molecule has 0 radical (unpaired) electrons. The van der Waals surface area contributed by atoms with Gasteiger partial charge in [-0.1, -0.05) is 6.07 Å². The highest BCUT2D eigenvalue weighted by molar-refractivity contribution is 5.83. The highest BCUT2D eigenvalue weighted by Crippen LogP contribution is 2.11. The number of nitrogen functional groups attached to an aromatic ring is 1. The lowest BCUT2D eigenvalue weighted by Crippen LogP contribution is -2.38. The quantitative estimate of drug-likeness (QED) is 0.718. The lowest BCUT2D eigenvalue weighted by atomic mass is 10.3. The minimum Gasteiger partial charge on any atom is -0.494 e. The first kappa shape index (κ1) is 13.5. The largest absolute Gasteiger partial charge is 0.494 e. The summed E-state index contributed by atoms with van der Waals surface area (Å²) in [5.74, 6) is 0.128. The van der Waals surface area contributed by atoms with Gasteiger partial charge in [-0.25, -0.2) is 14.8 Å². The van der Waals surface area contributed by atoms with Gasteiger partial charge < -0.3 is 10.8 Å². The Labute approximate surface area is 113 Å². The Hall–Kier alpha value is -2.90. The minimum atomic E-state index is -0.641. The van der Waals surface area contributed by atoms with E-state index in [4.69, 9.17) is 5.73 Å². The van der Waals surface area contributed by atoms with Crippen molar-refractivity contribution in [3.63, 3.8) is 0 Å². The first-order valence-electron chi connectivity index (χ1n) is 5.67. The summed E-state index contributed by atoms with van der Waals surface area (Å²) in [6.07, 6.45) is 1.15. The number of aromatic nitrogens is 3. The Morgan fingerprint density at radius 3 is 2.65 bits per heavy atom. The number of aliphatic imine (C=N–C) groups is 1. The molecule has 2 aromatic heterocycles. The van der Waals surface area contributed by atoms with Gasteiger partial charge in [0.1, 0.15) is 11.4 Å². The molecule has 0 unspecified atom stereocenters. The Kier molecular flexibility index (Phi) is 3.38. The van der Waals surface area contributed by atoms with Crippen molar-refractivity contribution in [2.45, 2.75) is 0 Å². The molecular weight excluding hydrogens is 262 g/mol. The van der Waals surface area contributed by atoms with Crippen LogP contribution >= 0.6 is 0 Å². The zero-order valence-corrected chi connectivity index (χ0v) is 10.9. The molecule has 8 nitrogen and oxygen atoms in total. The minimum absolute atomic E-state index is 0.0983. The SMILES string of the molecule is Cn1c(O)c(C=Nc2cccc(N)n2)c(=O)n(C)c1=O. The lowest BCUT2D eigenvalue weighted by molar-refractivity contribution is 0.410. The van der Waals surface area contributed by atoms with Crippen LogP contribution < -0.4 is 17.0 Å². The number of nitrogens with two attached hydrogens (primary N) is 1. The molecule has 0 aromatic carbocycles. The number of pyridine rings is 1. The molecule has 104 valence electrons. The van der Waals surface area contributed by atoms with Crippen molar-refractivity contribution in [2.75, 3.05) is 5.73 Å². The van der Waals surface area contributed by atoms with Crippen molar-refractivity contribution in [3.8, 4) is 5.88 Å². The van der Waals surface area contributed by atoms with E-state index in [1.807, 2.05) is 0 Å². The van der Waals surface area contributed by atoms with E-state index in [0.717, 1.165) is 15.3 Å². The van der Waals surface area contributed by atoms with Gasteiger partial charge in [0, 0.05) is 20.3 Å². The van der Waals surface area contributed by atoms with Crippen molar-refractivity contribution < 1.29 is 5.11 Å². The molecule has 0 saturated heterocycles. The molecule has 0 aliphatic rings. The summed E-state index contributed by atoms with van der Waals surface area (Å²) in [7, 11) is 2.67. The second-order valence-corrected chi connectivity index (χ2v) is 4.12. The summed E-state index contributed by atoms with van der Waals surface area (Å²) in [5.41, 5.74) is 4.15. The lowest BCUT2D eigenvalue weighted by Gasteiger charge is -2.06. The monoisotopic (exact) mass is 275 g/mol. The van der Waals surface area contributed by atoms with E-state index in [1.165, 1.54) is 14.1 Å². The molecule has 2 rings (SSSR count). The van der Waals surface area contributed by atoms with Crippen molar-refractivity contribution >= 4 is 17.9 Å². The number of hydrogen-bond acceptors (Lipinski definition) is 6. The molecular formula is C12H13N5O3. The van der Waals surface area contributed by atoms with Gasteiger partial charge in [0.15, 0.2) is 5.82 Å². The first-order valence-corrected chi connectivity index (χ1v) is 5.67. The third kappa shape index (κ3) is 2.30. The topological polar surface area (TPSA) is 116 Å². The maximum atomic E-state index is 11.9. The molecule has 2 aromatic rings. The molecule has 0 saturated carbocycles. The van der Waals surface area contributed by atoms with Gasteiger partial charge in [-0.15, -0.1) is 0 Å². The zero-order valence-electron chi connectivity index (χ0n) is 10.9. The average Bonchev–Trinajstić information content (AvgIpc) is 2.43. The molecule has 0 aliphatic carbocycles. The van der Waals surface area contributed by atoms with Gasteiger partial charge in [0.2, 0.25) is 5.88 Å². The summed E-state index contributed by atoms with van der Waals surface area (Å²) in [6.45, 7) is 0. The maximum Gasteiger partial charge on any atom is 0.333 e. The van der Waals surface area contributed by atoms with E-state index in [2.05, 4.69) is 9.98 Å². The smallest absolute Gasteiger partial charge is 0.333 e. The van der Waals surface area contributed by atoms with Crippen molar-refractivity contribution in [1.29, 1.82) is 0 Å². The van der Waals surface area contributed by atoms with E-state index in [1.54, 1.807) is 18.2 Å². The van der Waals surface area contributed by atoms with Crippen LogP contribution in [0.15, 0.2) is 32.8 Å². The van der Waals surface area contributed by atoms with E-state index in [0.29, 0.717) is 5.82 Å². The van der Waals surface area contributed by atoms with Crippen LogP contribution in [0.4, 0.5) is 11.6 Å². The normalized spacial score (nSPS) is 11.1. The molecule has 2 heterocycles. The first-order chi connectivity index (χ1) is 9.41. The fourth-order valence-corrected chi connectivity index (χ4v) is 1.61. The molecule has 0 amide bonds. The van der Waals surface area contributed by atoms with E-state index >= 15 is 0 Å². The van der Waals surface area contributed by atoms with Crippen molar-refractivity contribution in [2.24, 2.45) is 19.1 Å². The summed E-state index contributed by atoms with van der Waals surface area (Å²) < 4.78 is 1.84. The van der Waals surface area contributed by atoms with Crippen LogP contribution in [0.5, 0.6) is 5.88 Å². The van der Waals surface area contributed by atoms with Crippen LogP contribution in [0.3, 0.4) is 0 Å². The van der Waals surface area contributed by atoms with E-state index < -0.39 is 17.1 Å². The van der Waals surface area contributed by atoms with Crippen LogP contribution in [0.1, 0.15) is 5.56 Å². The number of anilines is 1. The van der Waals surface area contributed by atoms with Gasteiger partial charge in [0.05, 0.1) is 0 Å². The highest BCUT2D eigenvalue weighted by atomic mass is 16.3. The Balaban J connectivity index is 2.55. The fourth-order valence-electron chi connectivity index (χ4n) is 1.61. The molecule has 3 N–H and O–H groups in total. The van der Waals surface area contributed by atoms with Crippen molar-refractivity contribution in [3.05, 3.63) is 44.6 Å². The number of nitrogens with zero attached hydrogens (tertiary/aromatic N) is 4. The predicted octanol–water partition coefficient (Wildman–Crippen LogP) is -0.483. The summed E-state index contributed by atoms with van der Waals surface area (Å²) in [6, 6.07) is 4.85. The van der Waals surface area contributed by atoms with Gasteiger partial charge in [-0.05, 0) is 12.1 Å². The maximum absolute atomic E-state index is 11.9. The van der Waals surface area contributed by atoms with Gasteiger partial charge in [0.25, 0.3) is 5.56 Å². The third-order valence-electron chi connectivity index (χ3n) is 2.75.